The quantitative estimate of drug-likeness (QED) is 0.885. The first kappa shape index (κ1) is 18.7. The molecule has 1 unspecified atom stereocenters. The van der Waals surface area contributed by atoms with Crippen LogP contribution in [0, 0.1) is 12.8 Å². The second-order valence-corrected chi connectivity index (χ2v) is 6.77. The molecule has 3 nitrogen and oxygen atoms in total. The highest BCUT2D eigenvalue weighted by Crippen LogP contribution is 2.26. The van der Waals surface area contributed by atoms with E-state index in [1.165, 1.54) is 22.3 Å². The minimum Gasteiger partial charge on any atom is -0.481 e. The van der Waals surface area contributed by atoms with Gasteiger partial charge in [0.2, 0.25) is 0 Å². The first-order chi connectivity index (χ1) is 11.6. The molecule has 1 aromatic rings. The van der Waals surface area contributed by atoms with Gasteiger partial charge in [-0.15, -0.1) is 0 Å². The van der Waals surface area contributed by atoms with Crippen LogP contribution < -0.4 is 0 Å². The Hall–Kier alpha value is -1.61. The van der Waals surface area contributed by atoms with Crippen LogP contribution in [-0.2, 0) is 11.2 Å². The highest BCUT2D eigenvalue weighted by Gasteiger charge is 2.24. The van der Waals surface area contributed by atoms with Gasteiger partial charge < -0.3 is 5.11 Å². The number of hydrogen-bond acceptors (Lipinski definition) is 2. The highest BCUT2D eigenvalue weighted by atomic mass is 16.4. The minimum absolute atomic E-state index is 0.193. The second-order valence-electron chi connectivity index (χ2n) is 6.77. The highest BCUT2D eigenvalue weighted by molar-refractivity contribution is 5.70. The summed E-state index contributed by atoms with van der Waals surface area (Å²) in [6.45, 7) is 8.80. The van der Waals surface area contributed by atoms with E-state index >= 15 is 0 Å². The summed E-state index contributed by atoms with van der Waals surface area (Å²) in [5.41, 5.74) is 5.56. The van der Waals surface area contributed by atoms with E-state index in [9.17, 15) is 9.90 Å². The summed E-state index contributed by atoms with van der Waals surface area (Å²) in [7, 11) is 0. The van der Waals surface area contributed by atoms with Gasteiger partial charge in [-0.1, -0.05) is 55.7 Å². The van der Waals surface area contributed by atoms with E-state index < -0.39 is 5.97 Å². The van der Waals surface area contributed by atoms with Crippen molar-refractivity contribution in [3.05, 3.63) is 40.5 Å². The van der Waals surface area contributed by atoms with Gasteiger partial charge in [-0.3, -0.25) is 9.69 Å². The van der Waals surface area contributed by atoms with Crippen LogP contribution in [0.15, 0.2) is 23.8 Å². The van der Waals surface area contributed by atoms with Crippen LogP contribution in [0.25, 0.3) is 6.08 Å². The molecular formula is C21H31NO2. The standard InChI is InChI=1S/C19H25NO2.C2H6/c1-14-5-7-17-11-15(6-8-16(17)10-14)12-20-9-3-2-4-18(13-20)19(21)22;1-2/h5,7,10-11,18H,2-4,6,8-9,12-13H2,1H3,(H,21,22);1-2H3. The van der Waals surface area contributed by atoms with Crippen LogP contribution in [0.5, 0.6) is 0 Å². The maximum absolute atomic E-state index is 11.3. The topological polar surface area (TPSA) is 40.5 Å². The monoisotopic (exact) mass is 329 g/mol. The second kappa shape index (κ2) is 9.03. The Balaban J connectivity index is 0.00000100. The van der Waals surface area contributed by atoms with Crippen molar-refractivity contribution >= 4 is 12.0 Å². The molecule has 1 aliphatic heterocycles. The van der Waals surface area contributed by atoms with Gasteiger partial charge in [-0.2, -0.15) is 0 Å². The molecule has 1 aliphatic carbocycles. The number of likely N-dealkylation sites (tertiary alicyclic amines) is 1. The van der Waals surface area contributed by atoms with Crippen LogP contribution in [0.1, 0.15) is 56.2 Å². The van der Waals surface area contributed by atoms with E-state index in [-0.39, 0.29) is 5.92 Å². The molecule has 1 atom stereocenters. The fourth-order valence-corrected chi connectivity index (χ4v) is 3.66. The lowest BCUT2D eigenvalue weighted by Gasteiger charge is -2.26. The third-order valence-corrected chi connectivity index (χ3v) is 4.91. The first-order valence-electron chi connectivity index (χ1n) is 9.36. The van der Waals surface area contributed by atoms with E-state index in [0.717, 1.165) is 45.2 Å². The summed E-state index contributed by atoms with van der Waals surface area (Å²) in [6, 6.07) is 6.67. The van der Waals surface area contributed by atoms with Crippen LogP contribution in [0.3, 0.4) is 0 Å². The smallest absolute Gasteiger partial charge is 0.307 e. The summed E-state index contributed by atoms with van der Waals surface area (Å²) in [6.07, 6.45) is 7.51. The molecule has 2 aliphatic rings. The number of fused-ring (bicyclic) bond motifs is 1. The van der Waals surface area contributed by atoms with Crippen molar-refractivity contribution in [3.63, 3.8) is 0 Å². The number of aryl methyl sites for hydroxylation is 2. The summed E-state index contributed by atoms with van der Waals surface area (Å²) in [5, 5.41) is 9.30. The predicted molar refractivity (Wildman–Crippen MR) is 100 cm³/mol. The van der Waals surface area contributed by atoms with Crippen molar-refractivity contribution in [3.8, 4) is 0 Å². The Bertz CT molecular complexity index is 592. The maximum Gasteiger partial charge on any atom is 0.307 e. The molecule has 0 radical (unpaired) electrons. The Kier molecular flexibility index (Phi) is 7.04. The molecule has 3 heteroatoms. The molecule has 0 spiro atoms. The Labute approximate surface area is 146 Å². The zero-order valence-corrected chi connectivity index (χ0v) is 15.3. The SMILES string of the molecule is CC.Cc1ccc2c(c1)CCC(CN1CCCCC(C(=O)O)C1)=C2. The van der Waals surface area contributed by atoms with E-state index in [0.29, 0.717) is 6.54 Å². The summed E-state index contributed by atoms with van der Waals surface area (Å²) < 4.78 is 0. The molecule has 0 saturated carbocycles. The van der Waals surface area contributed by atoms with Crippen molar-refractivity contribution in [2.75, 3.05) is 19.6 Å². The van der Waals surface area contributed by atoms with Gasteiger partial charge in [0.1, 0.15) is 0 Å². The average molecular weight is 329 g/mol. The van der Waals surface area contributed by atoms with Crippen molar-refractivity contribution in [2.45, 2.75) is 52.9 Å². The third kappa shape index (κ3) is 4.94. The van der Waals surface area contributed by atoms with Crippen LogP contribution >= 0.6 is 0 Å². The molecule has 1 N–H and O–H groups in total. The largest absolute Gasteiger partial charge is 0.481 e. The first-order valence-corrected chi connectivity index (χ1v) is 9.36. The molecule has 0 aromatic heterocycles. The lowest BCUT2D eigenvalue weighted by molar-refractivity contribution is -0.142. The van der Waals surface area contributed by atoms with Crippen LogP contribution in [0.2, 0.25) is 0 Å². The van der Waals surface area contributed by atoms with Gasteiger partial charge in [0.15, 0.2) is 0 Å². The van der Waals surface area contributed by atoms with E-state index in [4.69, 9.17) is 0 Å². The third-order valence-electron chi connectivity index (χ3n) is 4.91. The molecule has 132 valence electrons. The van der Waals surface area contributed by atoms with Crippen molar-refractivity contribution in [2.24, 2.45) is 5.92 Å². The summed E-state index contributed by atoms with van der Waals surface area (Å²) >= 11 is 0. The number of rotatable bonds is 3. The lowest BCUT2D eigenvalue weighted by atomic mass is 9.91. The molecule has 24 heavy (non-hydrogen) atoms. The number of aliphatic carboxylic acids is 1. The fourth-order valence-electron chi connectivity index (χ4n) is 3.66. The number of carboxylic acids is 1. The van der Waals surface area contributed by atoms with E-state index in [1.807, 2.05) is 13.8 Å². The van der Waals surface area contributed by atoms with Gasteiger partial charge in [0.25, 0.3) is 0 Å². The summed E-state index contributed by atoms with van der Waals surface area (Å²) in [4.78, 5) is 13.6. The predicted octanol–water partition coefficient (Wildman–Crippen LogP) is 4.54. The number of carbonyl (C=O) groups is 1. The molecule has 1 fully saturated rings. The van der Waals surface area contributed by atoms with Crippen LogP contribution in [-0.4, -0.2) is 35.6 Å². The lowest BCUT2D eigenvalue weighted by Crippen LogP contribution is -2.33. The Morgan fingerprint density at radius 1 is 1.25 bits per heavy atom. The van der Waals surface area contributed by atoms with Gasteiger partial charge in [0.05, 0.1) is 5.92 Å². The van der Waals surface area contributed by atoms with Gasteiger partial charge in [-0.25, -0.2) is 0 Å². The molecule has 3 rings (SSSR count). The normalized spacial score (nSPS) is 21.0. The molecule has 1 saturated heterocycles. The van der Waals surface area contributed by atoms with Crippen LogP contribution in [0.4, 0.5) is 0 Å². The number of carboxylic acid groups (broad SMARTS) is 1. The Morgan fingerprint density at radius 2 is 2.04 bits per heavy atom. The van der Waals surface area contributed by atoms with Gasteiger partial charge >= 0.3 is 5.97 Å². The zero-order valence-electron chi connectivity index (χ0n) is 15.3. The minimum atomic E-state index is -0.634. The van der Waals surface area contributed by atoms with Crippen molar-refractivity contribution in [1.82, 2.24) is 4.90 Å². The zero-order chi connectivity index (χ0) is 17.5. The Morgan fingerprint density at radius 3 is 2.79 bits per heavy atom. The molecule has 0 bridgehead atoms. The van der Waals surface area contributed by atoms with Crippen molar-refractivity contribution < 1.29 is 9.90 Å². The molecule has 1 aromatic carbocycles. The molecular weight excluding hydrogens is 298 g/mol. The number of nitrogens with zero attached hydrogens (tertiary/aromatic N) is 1. The fraction of sp³-hybridized carbons (Fsp3) is 0.571. The summed E-state index contributed by atoms with van der Waals surface area (Å²) in [5.74, 6) is -0.827. The van der Waals surface area contributed by atoms with E-state index in [2.05, 4.69) is 36.1 Å². The number of hydrogen-bond donors (Lipinski definition) is 1. The van der Waals surface area contributed by atoms with Gasteiger partial charge in [-0.05, 0) is 50.3 Å². The maximum atomic E-state index is 11.3. The average Bonchev–Trinajstić information content (AvgIpc) is 2.82. The van der Waals surface area contributed by atoms with Crippen molar-refractivity contribution in [1.29, 1.82) is 0 Å². The van der Waals surface area contributed by atoms with E-state index in [1.54, 1.807) is 0 Å². The number of benzene rings is 1. The molecule has 0 amide bonds. The van der Waals surface area contributed by atoms with Gasteiger partial charge in [0, 0.05) is 13.1 Å². The molecule has 1 heterocycles.